The first-order valence-electron chi connectivity index (χ1n) is 3.00. The molecule has 0 saturated heterocycles. The van der Waals surface area contributed by atoms with E-state index in [9.17, 15) is 4.39 Å². The van der Waals surface area contributed by atoms with Crippen molar-refractivity contribution >= 4 is 0 Å². The molecule has 1 aliphatic rings. The minimum absolute atomic E-state index is 0.0285. The highest BCUT2D eigenvalue weighted by Crippen LogP contribution is 2.10. The lowest BCUT2D eigenvalue weighted by atomic mass is 10.0. The Kier molecular flexibility index (Phi) is 2.01. The zero-order valence-corrected chi connectivity index (χ0v) is 5.18. The van der Waals surface area contributed by atoms with E-state index < -0.39 is 0 Å². The lowest BCUT2D eigenvalue weighted by Gasteiger charge is -2.10. The number of hydrogen-bond acceptors (Lipinski definition) is 1. The second kappa shape index (κ2) is 2.78. The summed E-state index contributed by atoms with van der Waals surface area (Å²) in [4.78, 5) is 0. The van der Waals surface area contributed by atoms with E-state index in [1.807, 2.05) is 12.2 Å². The molecule has 0 fully saturated rings. The zero-order valence-electron chi connectivity index (χ0n) is 5.18. The van der Waals surface area contributed by atoms with Crippen molar-refractivity contribution in [1.29, 1.82) is 0 Å². The molecule has 0 amide bonds. The van der Waals surface area contributed by atoms with Crippen molar-refractivity contribution in [3.63, 3.8) is 0 Å². The maximum absolute atomic E-state index is 11.9. The van der Waals surface area contributed by atoms with Crippen LogP contribution in [0.4, 0.5) is 4.39 Å². The topological polar surface area (TPSA) is 26.0 Å². The smallest absolute Gasteiger partial charge is 0.111 e. The normalized spacial score (nSPS) is 26.0. The van der Waals surface area contributed by atoms with Gasteiger partial charge in [-0.25, -0.2) is 4.39 Å². The predicted molar refractivity (Wildman–Crippen MR) is 35.8 cm³/mol. The molecule has 1 nitrogen and oxygen atoms in total. The average Bonchev–Trinajstić information content (AvgIpc) is 1.88. The van der Waals surface area contributed by atoms with Gasteiger partial charge in [0.15, 0.2) is 0 Å². The van der Waals surface area contributed by atoms with E-state index >= 15 is 0 Å². The molecule has 50 valence electrons. The van der Waals surface area contributed by atoms with Gasteiger partial charge in [0, 0.05) is 6.04 Å². The molecular formula is C7H10FN. The van der Waals surface area contributed by atoms with Crippen LogP contribution < -0.4 is 5.73 Å². The molecular weight excluding hydrogens is 117 g/mol. The standard InChI is InChI=1S/C7H10FN/c8-5-6-2-1-3-7(9)4-6/h1-3,7H,4-5,9H2. The molecule has 1 aliphatic carbocycles. The molecule has 1 unspecified atom stereocenters. The summed E-state index contributed by atoms with van der Waals surface area (Å²) >= 11 is 0. The lowest BCUT2D eigenvalue weighted by molar-refractivity contribution is 0.524. The van der Waals surface area contributed by atoms with Crippen molar-refractivity contribution in [3.05, 3.63) is 23.8 Å². The van der Waals surface area contributed by atoms with E-state index in [-0.39, 0.29) is 12.7 Å². The van der Waals surface area contributed by atoms with Crippen LogP contribution in [0.5, 0.6) is 0 Å². The van der Waals surface area contributed by atoms with Crippen LogP contribution in [-0.4, -0.2) is 12.7 Å². The Bertz CT molecular complexity index is 149. The fourth-order valence-electron chi connectivity index (χ4n) is 0.872. The SMILES string of the molecule is NC1C=CC=C(CF)C1. The Labute approximate surface area is 54.0 Å². The minimum Gasteiger partial charge on any atom is -0.324 e. The van der Waals surface area contributed by atoms with E-state index in [2.05, 4.69) is 0 Å². The molecule has 0 aromatic rings. The number of nitrogens with two attached hydrogens (primary N) is 1. The summed E-state index contributed by atoms with van der Waals surface area (Å²) in [6, 6.07) is 0.0285. The molecule has 0 spiro atoms. The van der Waals surface area contributed by atoms with Crippen molar-refractivity contribution in [3.8, 4) is 0 Å². The molecule has 2 heteroatoms. The number of halogens is 1. The Morgan fingerprint density at radius 3 is 3.00 bits per heavy atom. The van der Waals surface area contributed by atoms with Gasteiger partial charge in [-0.3, -0.25) is 0 Å². The second-order valence-electron chi connectivity index (χ2n) is 2.21. The van der Waals surface area contributed by atoms with Crippen molar-refractivity contribution in [2.75, 3.05) is 6.67 Å². The van der Waals surface area contributed by atoms with Crippen molar-refractivity contribution in [1.82, 2.24) is 0 Å². The first kappa shape index (κ1) is 6.49. The lowest BCUT2D eigenvalue weighted by Crippen LogP contribution is -2.19. The third kappa shape index (κ3) is 1.64. The maximum atomic E-state index is 11.9. The molecule has 2 N–H and O–H groups in total. The Morgan fingerprint density at radius 2 is 2.56 bits per heavy atom. The van der Waals surface area contributed by atoms with Crippen molar-refractivity contribution < 1.29 is 4.39 Å². The highest BCUT2D eigenvalue weighted by molar-refractivity contribution is 5.21. The van der Waals surface area contributed by atoms with E-state index in [4.69, 9.17) is 5.73 Å². The summed E-state index contributed by atoms with van der Waals surface area (Å²) in [7, 11) is 0. The van der Waals surface area contributed by atoms with Crippen LogP contribution in [0, 0.1) is 0 Å². The zero-order chi connectivity index (χ0) is 6.69. The Hall–Kier alpha value is -0.630. The summed E-state index contributed by atoms with van der Waals surface area (Å²) in [6.45, 7) is -0.363. The van der Waals surface area contributed by atoms with Crippen LogP contribution in [-0.2, 0) is 0 Å². The van der Waals surface area contributed by atoms with Crippen LogP contribution in [0.25, 0.3) is 0 Å². The van der Waals surface area contributed by atoms with Crippen molar-refractivity contribution in [2.24, 2.45) is 5.73 Å². The monoisotopic (exact) mass is 127 g/mol. The minimum atomic E-state index is -0.363. The molecule has 0 aliphatic heterocycles. The third-order valence-corrected chi connectivity index (χ3v) is 1.36. The van der Waals surface area contributed by atoms with Gasteiger partial charge in [-0.2, -0.15) is 0 Å². The van der Waals surface area contributed by atoms with Crippen LogP contribution in [0.3, 0.4) is 0 Å². The summed E-state index contributed by atoms with van der Waals surface area (Å²) in [5.74, 6) is 0. The van der Waals surface area contributed by atoms with E-state index in [1.54, 1.807) is 6.08 Å². The average molecular weight is 127 g/mol. The van der Waals surface area contributed by atoms with Crippen LogP contribution >= 0.6 is 0 Å². The van der Waals surface area contributed by atoms with Gasteiger partial charge in [0.1, 0.15) is 6.67 Å². The van der Waals surface area contributed by atoms with Crippen LogP contribution in [0.15, 0.2) is 23.8 Å². The Morgan fingerprint density at radius 1 is 1.78 bits per heavy atom. The van der Waals surface area contributed by atoms with Gasteiger partial charge < -0.3 is 5.73 Å². The fraction of sp³-hybridized carbons (Fsp3) is 0.429. The quantitative estimate of drug-likeness (QED) is 0.562. The number of allylic oxidation sites excluding steroid dienone is 2. The number of hydrogen-bond donors (Lipinski definition) is 1. The highest BCUT2D eigenvalue weighted by atomic mass is 19.1. The van der Waals surface area contributed by atoms with Gasteiger partial charge in [0.05, 0.1) is 0 Å². The molecule has 1 atom stereocenters. The number of alkyl halides is 1. The summed E-state index contributed by atoms with van der Waals surface area (Å²) in [5, 5.41) is 0. The van der Waals surface area contributed by atoms with Gasteiger partial charge in [-0.15, -0.1) is 0 Å². The van der Waals surface area contributed by atoms with Crippen LogP contribution in [0.2, 0.25) is 0 Å². The van der Waals surface area contributed by atoms with Gasteiger partial charge in [0.2, 0.25) is 0 Å². The molecule has 0 aromatic heterocycles. The molecule has 0 saturated carbocycles. The number of rotatable bonds is 1. The van der Waals surface area contributed by atoms with Gasteiger partial charge in [-0.1, -0.05) is 18.2 Å². The molecule has 0 aromatic carbocycles. The predicted octanol–water partition coefficient (Wildman–Crippen LogP) is 1.17. The molecule has 0 radical (unpaired) electrons. The highest BCUT2D eigenvalue weighted by Gasteiger charge is 2.04. The molecule has 1 rings (SSSR count). The van der Waals surface area contributed by atoms with Crippen molar-refractivity contribution in [2.45, 2.75) is 12.5 Å². The Balaban J connectivity index is 2.55. The second-order valence-corrected chi connectivity index (χ2v) is 2.21. The largest absolute Gasteiger partial charge is 0.324 e. The van der Waals surface area contributed by atoms with Gasteiger partial charge in [0.25, 0.3) is 0 Å². The molecule has 0 bridgehead atoms. The molecule has 0 heterocycles. The first-order chi connectivity index (χ1) is 4.33. The molecule has 9 heavy (non-hydrogen) atoms. The van der Waals surface area contributed by atoms with E-state index in [0.29, 0.717) is 6.42 Å². The van der Waals surface area contributed by atoms with Gasteiger partial charge >= 0.3 is 0 Å². The summed E-state index contributed by atoms with van der Waals surface area (Å²) < 4.78 is 11.9. The maximum Gasteiger partial charge on any atom is 0.111 e. The van der Waals surface area contributed by atoms with Gasteiger partial charge in [-0.05, 0) is 12.0 Å². The van der Waals surface area contributed by atoms with E-state index in [1.165, 1.54) is 0 Å². The third-order valence-electron chi connectivity index (χ3n) is 1.36. The summed E-state index contributed by atoms with van der Waals surface area (Å²) in [6.07, 6.45) is 6.14. The van der Waals surface area contributed by atoms with Crippen LogP contribution in [0.1, 0.15) is 6.42 Å². The summed E-state index contributed by atoms with van der Waals surface area (Å²) in [5.41, 5.74) is 6.30. The fourth-order valence-corrected chi connectivity index (χ4v) is 0.872. The first-order valence-corrected chi connectivity index (χ1v) is 3.00. The van der Waals surface area contributed by atoms with E-state index in [0.717, 1.165) is 5.57 Å².